The van der Waals surface area contributed by atoms with Crippen molar-refractivity contribution in [1.29, 1.82) is 0 Å². The van der Waals surface area contributed by atoms with E-state index in [-0.39, 0.29) is 17.9 Å². The van der Waals surface area contributed by atoms with E-state index < -0.39 is 17.7 Å². The fraction of sp³-hybridized carbons (Fsp3) is 0.562. The Bertz CT molecular complexity index is 524. The maximum atomic E-state index is 13.5. The van der Waals surface area contributed by atoms with Gasteiger partial charge in [-0.25, -0.2) is 8.78 Å². The summed E-state index contributed by atoms with van der Waals surface area (Å²) in [6, 6.07) is 3.23. The van der Waals surface area contributed by atoms with Gasteiger partial charge in [-0.05, 0) is 37.1 Å². The first-order valence-electron chi connectivity index (χ1n) is 7.74. The first kappa shape index (κ1) is 16.8. The van der Waals surface area contributed by atoms with Crippen LogP contribution in [0, 0.1) is 11.6 Å². The van der Waals surface area contributed by atoms with Crippen molar-refractivity contribution in [3.05, 3.63) is 35.4 Å². The summed E-state index contributed by atoms with van der Waals surface area (Å²) in [7, 11) is 0. The summed E-state index contributed by atoms with van der Waals surface area (Å²) in [6.45, 7) is 3.34. The molecule has 1 aromatic rings. The molecule has 1 aliphatic heterocycles. The molecular formula is C16H23F2N3O. The summed E-state index contributed by atoms with van der Waals surface area (Å²) in [6.07, 6.45) is 2.21. The number of rotatable bonds is 5. The van der Waals surface area contributed by atoms with Crippen LogP contribution in [-0.4, -0.2) is 31.1 Å². The number of benzene rings is 1. The predicted molar refractivity (Wildman–Crippen MR) is 81.4 cm³/mol. The molecule has 22 heavy (non-hydrogen) atoms. The van der Waals surface area contributed by atoms with Gasteiger partial charge in [-0.3, -0.25) is 4.79 Å². The third kappa shape index (κ3) is 4.01. The normalized spacial score (nSPS) is 23.1. The SMILES string of the molecule is CCCC(N)C(=O)NC1CNCCC1c1ccc(F)c(F)c1. The molecule has 6 heteroatoms. The van der Waals surface area contributed by atoms with Crippen molar-refractivity contribution in [2.45, 2.75) is 44.2 Å². The van der Waals surface area contributed by atoms with Crippen molar-refractivity contribution in [3.8, 4) is 0 Å². The minimum atomic E-state index is -0.858. The Labute approximate surface area is 129 Å². The Kier molecular flexibility index (Phi) is 5.85. The van der Waals surface area contributed by atoms with Crippen LogP contribution in [0.25, 0.3) is 0 Å². The van der Waals surface area contributed by atoms with Crippen LogP contribution in [0.15, 0.2) is 18.2 Å². The number of hydrogen-bond acceptors (Lipinski definition) is 3. The second kappa shape index (κ2) is 7.65. The Morgan fingerprint density at radius 3 is 2.91 bits per heavy atom. The molecule has 0 bridgehead atoms. The predicted octanol–water partition coefficient (Wildman–Crippen LogP) is 1.65. The number of carbonyl (C=O) groups excluding carboxylic acids is 1. The third-order valence-electron chi connectivity index (χ3n) is 4.12. The Hall–Kier alpha value is -1.53. The highest BCUT2D eigenvalue weighted by molar-refractivity contribution is 5.81. The van der Waals surface area contributed by atoms with Gasteiger partial charge in [0, 0.05) is 18.5 Å². The number of piperidine rings is 1. The van der Waals surface area contributed by atoms with Gasteiger partial charge in [0.2, 0.25) is 5.91 Å². The van der Waals surface area contributed by atoms with Gasteiger partial charge in [-0.15, -0.1) is 0 Å². The van der Waals surface area contributed by atoms with Gasteiger partial charge in [-0.2, -0.15) is 0 Å². The number of halogens is 2. The molecule has 1 aliphatic rings. The van der Waals surface area contributed by atoms with E-state index >= 15 is 0 Å². The van der Waals surface area contributed by atoms with E-state index in [4.69, 9.17) is 5.73 Å². The lowest BCUT2D eigenvalue weighted by Gasteiger charge is -2.34. The Balaban J connectivity index is 2.10. The van der Waals surface area contributed by atoms with Gasteiger partial charge < -0.3 is 16.4 Å². The van der Waals surface area contributed by atoms with E-state index in [9.17, 15) is 13.6 Å². The molecule has 1 aromatic carbocycles. The molecule has 0 aliphatic carbocycles. The molecule has 3 unspecified atom stereocenters. The second-order valence-corrected chi connectivity index (χ2v) is 5.78. The quantitative estimate of drug-likeness (QED) is 0.774. The minimum absolute atomic E-state index is 0.0471. The number of nitrogens with one attached hydrogen (secondary N) is 2. The van der Waals surface area contributed by atoms with Gasteiger partial charge in [0.25, 0.3) is 0 Å². The Morgan fingerprint density at radius 2 is 2.23 bits per heavy atom. The van der Waals surface area contributed by atoms with Crippen LogP contribution in [-0.2, 0) is 4.79 Å². The van der Waals surface area contributed by atoms with E-state index in [0.29, 0.717) is 18.5 Å². The lowest BCUT2D eigenvalue weighted by Crippen LogP contribution is -2.53. The maximum Gasteiger partial charge on any atom is 0.237 e. The lowest BCUT2D eigenvalue weighted by atomic mass is 9.85. The number of amides is 1. The van der Waals surface area contributed by atoms with Gasteiger partial charge in [0.15, 0.2) is 11.6 Å². The standard InChI is InChI=1S/C16H23F2N3O/c1-2-3-14(19)16(22)21-15-9-20-7-6-11(15)10-4-5-12(17)13(18)8-10/h4-5,8,11,14-15,20H,2-3,6-7,9,19H2,1H3,(H,21,22). The molecule has 1 saturated heterocycles. The van der Waals surface area contributed by atoms with Crippen molar-refractivity contribution in [2.24, 2.45) is 5.73 Å². The van der Waals surface area contributed by atoms with Gasteiger partial charge in [0.1, 0.15) is 0 Å². The van der Waals surface area contributed by atoms with E-state index in [1.54, 1.807) is 6.07 Å². The van der Waals surface area contributed by atoms with Crippen LogP contribution in [0.2, 0.25) is 0 Å². The maximum absolute atomic E-state index is 13.5. The Morgan fingerprint density at radius 1 is 1.45 bits per heavy atom. The largest absolute Gasteiger partial charge is 0.350 e. The molecule has 0 spiro atoms. The van der Waals surface area contributed by atoms with Gasteiger partial charge >= 0.3 is 0 Å². The highest BCUT2D eigenvalue weighted by atomic mass is 19.2. The molecule has 3 atom stereocenters. The highest BCUT2D eigenvalue weighted by Gasteiger charge is 2.29. The summed E-state index contributed by atoms with van der Waals surface area (Å²) in [5.74, 6) is -1.95. The molecule has 4 nitrogen and oxygen atoms in total. The van der Waals surface area contributed by atoms with E-state index in [1.165, 1.54) is 6.07 Å². The molecule has 1 heterocycles. The van der Waals surface area contributed by atoms with Crippen molar-refractivity contribution in [2.75, 3.05) is 13.1 Å². The van der Waals surface area contributed by atoms with E-state index in [2.05, 4.69) is 10.6 Å². The number of carbonyl (C=O) groups is 1. The average molecular weight is 311 g/mol. The molecule has 0 aromatic heterocycles. The first-order chi connectivity index (χ1) is 10.5. The minimum Gasteiger partial charge on any atom is -0.350 e. The number of nitrogens with two attached hydrogens (primary N) is 1. The van der Waals surface area contributed by atoms with Crippen LogP contribution in [0.3, 0.4) is 0 Å². The summed E-state index contributed by atoms with van der Waals surface area (Å²) < 4.78 is 26.5. The lowest BCUT2D eigenvalue weighted by molar-refractivity contribution is -0.123. The summed E-state index contributed by atoms with van der Waals surface area (Å²) in [4.78, 5) is 12.1. The zero-order valence-electron chi connectivity index (χ0n) is 12.7. The van der Waals surface area contributed by atoms with Crippen LogP contribution < -0.4 is 16.4 Å². The molecule has 122 valence electrons. The van der Waals surface area contributed by atoms with Crippen LogP contribution in [0.1, 0.15) is 37.7 Å². The third-order valence-corrected chi connectivity index (χ3v) is 4.12. The van der Waals surface area contributed by atoms with Crippen molar-refractivity contribution in [3.63, 3.8) is 0 Å². The van der Waals surface area contributed by atoms with Crippen molar-refractivity contribution < 1.29 is 13.6 Å². The molecule has 0 radical (unpaired) electrons. The topological polar surface area (TPSA) is 67.2 Å². The van der Waals surface area contributed by atoms with Crippen molar-refractivity contribution in [1.82, 2.24) is 10.6 Å². The molecule has 1 fully saturated rings. The van der Waals surface area contributed by atoms with Crippen LogP contribution in [0.5, 0.6) is 0 Å². The molecule has 4 N–H and O–H groups in total. The summed E-state index contributed by atoms with van der Waals surface area (Å²) in [5.41, 5.74) is 6.53. The molecule has 1 amide bonds. The second-order valence-electron chi connectivity index (χ2n) is 5.78. The van der Waals surface area contributed by atoms with Crippen molar-refractivity contribution >= 4 is 5.91 Å². The zero-order chi connectivity index (χ0) is 16.1. The first-order valence-corrected chi connectivity index (χ1v) is 7.74. The van der Waals surface area contributed by atoms with Gasteiger partial charge in [0.05, 0.1) is 6.04 Å². The smallest absolute Gasteiger partial charge is 0.237 e. The summed E-state index contributed by atoms with van der Waals surface area (Å²) >= 11 is 0. The number of hydrogen-bond donors (Lipinski definition) is 3. The van der Waals surface area contributed by atoms with Crippen LogP contribution in [0.4, 0.5) is 8.78 Å². The average Bonchev–Trinajstić information content (AvgIpc) is 2.51. The van der Waals surface area contributed by atoms with Crippen LogP contribution >= 0.6 is 0 Å². The molecular weight excluding hydrogens is 288 g/mol. The monoisotopic (exact) mass is 311 g/mol. The fourth-order valence-corrected chi connectivity index (χ4v) is 2.88. The zero-order valence-corrected chi connectivity index (χ0v) is 12.7. The van der Waals surface area contributed by atoms with Gasteiger partial charge in [-0.1, -0.05) is 19.4 Å². The molecule has 2 rings (SSSR count). The molecule has 0 saturated carbocycles. The van der Waals surface area contributed by atoms with E-state index in [0.717, 1.165) is 25.5 Å². The fourth-order valence-electron chi connectivity index (χ4n) is 2.88. The van der Waals surface area contributed by atoms with E-state index in [1.807, 2.05) is 6.92 Å². The summed E-state index contributed by atoms with van der Waals surface area (Å²) in [5, 5.41) is 6.16. The highest BCUT2D eigenvalue weighted by Crippen LogP contribution is 2.27.